The summed E-state index contributed by atoms with van der Waals surface area (Å²) in [6, 6.07) is 4.66. The molecule has 22 heavy (non-hydrogen) atoms. The van der Waals surface area contributed by atoms with E-state index in [2.05, 4.69) is 5.32 Å². The van der Waals surface area contributed by atoms with E-state index in [9.17, 15) is 9.59 Å². The van der Waals surface area contributed by atoms with Crippen molar-refractivity contribution in [3.05, 3.63) is 28.2 Å². The third kappa shape index (κ3) is 6.54. The fourth-order valence-corrected chi connectivity index (χ4v) is 1.97. The summed E-state index contributed by atoms with van der Waals surface area (Å²) < 4.78 is 10.3. The zero-order valence-electron chi connectivity index (χ0n) is 12.9. The minimum absolute atomic E-state index is 0.289. The number of ether oxygens (including phenoxy) is 2. The van der Waals surface area contributed by atoms with Gasteiger partial charge in [0.25, 0.3) is 5.91 Å². The molecule has 0 aliphatic carbocycles. The highest BCUT2D eigenvalue weighted by Crippen LogP contribution is 2.28. The molecular weight excluding hydrogens is 329 g/mol. The lowest BCUT2D eigenvalue weighted by molar-refractivity contribution is -0.155. The summed E-state index contributed by atoms with van der Waals surface area (Å²) in [5, 5.41) is 3.44. The van der Waals surface area contributed by atoms with Crippen molar-refractivity contribution in [3.63, 3.8) is 0 Å². The Balaban J connectivity index is 2.50. The summed E-state index contributed by atoms with van der Waals surface area (Å²) in [6.45, 7) is 6.65. The van der Waals surface area contributed by atoms with Crippen molar-refractivity contribution in [1.82, 2.24) is 5.32 Å². The SMILES string of the molecule is C[C@H](Oc1ccc(Cl)cc1Cl)C(=O)OCC(=O)NC(C)(C)C. The van der Waals surface area contributed by atoms with E-state index in [1.165, 1.54) is 13.0 Å². The molecule has 122 valence electrons. The molecule has 0 saturated carbocycles. The number of benzene rings is 1. The fraction of sp³-hybridized carbons (Fsp3) is 0.467. The summed E-state index contributed by atoms with van der Waals surface area (Å²) in [6.07, 6.45) is -0.902. The molecule has 1 aromatic rings. The second kappa shape index (κ2) is 7.70. The van der Waals surface area contributed by atoms with Gasteiger partial charge >= 0.3 is 5.97 Å². The van der Waals surface area contributed by atoms with Crippen molar-refractivity contribution in [2.45, 2.75) is 39.3 Å². The van der Waals surface area contributed by atoms with Crippen LogP contribution in [0.2, 0.25) is 10.0 Å². The number of rotatable bonds is 5. The molecule has 0 saturated heterocycles. The van der Waals surface area contributed by atoms with Gasteiger partial charge < -0.3 is 14.8 Å². The Hall–Kier alpha value is -1.46. The molecule has 5 nitrogen and oxygen atoms in total. The smallest absolute Gasteiger partial charge is 0.347 e. The van der Waals surface area contributed by atoms with Crippen LogP contribution in [0.25, 0.3) is 0 Å². The molecule has 1 N–H and O–H groups in total. The molecular formula is C15H19Cl2NO4. The largest absolute Gasteiger partial charge is 0.477 e. The summed E-state index contributed by atoms with van der Waals surface area (Å²) in [4.78, 5) is 23.4. The molecule has 1 rings (SSSR count). The predicted molar refractivity (Wildman–Crippen MR) is 85.4 cm³/mol. The lowest BCUT2D eigenvalue weighted by Gasteiger charge is -2.20. The zero-order chi connectivity index (χ0) is 16.9. The van der Waals surface area contributed by atoms with E-state index in [0.717, 1.165) is 0 Å². The average Bonchev–Trinajstić information content (AvgIpc) is 2.37. The first-order valence-corrected chi connectivity index (χ1v) is 7.43. The van der Waals surface area contributed by atoms with Gasteiger partial charge in [-0.1, -0.05) is 23.2 Å². The van der Waals surface area contributed by atoms with Crippen LogP contribution in [-0.4, -0.2) is 30.1 Å². The zero-order valence-corrected chi connectivity index (χ0v) is 14.4. The highest BCUT2D eigenvalue weighted by atomic mass is 35.5. The Kier molecular flexibility index (Phi) is 6.50. The van der Waals surface area contributed by atoms with E-state index in [1.807, 2.05) is 20.8 Å². The van der Waals surface area contributed by atoms with Crippen molar-refractivity contribution < 1.29 is 19.1 Å². The Bertz CT molecular complexity index is 555. The van der Waals surface area contributed by atoms with Crippen molar-refractivity contribution >= 4 is 35.1 Å². The van der Waals surface area contributed by atoms with Crippen LogP contribution in [0, 0.1) is 0 Å². The number of hydrogen-bond donors (Lipinski definition) is 1. The maximum Gasteiger partial charge on any atom is 0.347 e. The number of carbonyl (C=O) groups is 2. The van der Waals surface area contributed by atoms with Gasteiger partial charge in [0.2, 0.25) is 0 Å². The first kappa shape index (κ1) is 18.6. The minimum atomic E-state index is -0.902. The first-order valence-electron chi connectivity index (χ1n) is 6.68. The van der Waals surface area contributed by atoms with E-state index in [0.29, 0.717) is 10.8 Å². The fourth-order valence-electron chi connectivity index (χ4n) is 1.52. The van der Waals surface area contributed by atoms with Gasteiger partial charge in [0.15, 0.2) is 12.7 Å². The van der Waals surface area contributed by atoms with Crippen LogP contribution in [-0.2, 0) is 14.3 Å². The Morgan fingerprint density at radius 2 is 1.91 bits per heavy atom. The lowest BCUT2D eigenvalue weighted by Crippen LogP contribution is -2.43. The number of hydrogen-bond acceptors (Lipinski definition) is 4. The molecule has 0 bridgehead atoms. The van der Waals surface area contributed by atoms with Gasteiger partial charge in [-0.15, -0.1) is 0 Å². The van der Waals surface area contributed by atoms with Gasteiger partial charge in [-0.05, 0) is 45.9 Å². The van der Waals surface area contributed by atoms with Crippen molar-refractivity contribution in [2.24, 2.45) is 0 Å². The maximum absolute atomic E-state index is 11.8. The molecule has 0 heterocycles. The van der Waals surface area contributed by atoms with Crippen molar-refractivity contribution in [2.75, 3.05) is 6.61 Å². The third-order valence-corrected chi connectivity index (χ3v) is 2.92. The number of carbonyl (C=O) groups excluding carboxylic acids is 2. The Morgan fingerprint density at radius 3 is 2.45 bits per heavy atom. The maximum atomic E-state index is 11.8. The molecule has 7 heteroatoms. The summed E-state index contributed by atoms with van der Waals surface area (Å²) >= 11 is 11.7. The summed E-state index contributed by atoms with van der Waals surface area (Å²) in [5.74, 6) is -0.720. The Morgan fingerprint density at radius 1 is 1.27 bits per heavy atom. The molecule has 0 spiro atoms. The van der Waals surface area contributed by atoms with E-state index in [-0.39, 0.29) is 23.1 Å². The number of esters is 1. The monoisotopic (exact) mass is 347 g/mol. The van der Waals surface area contributed by atoms with Crippen LogP contribution in [0.3, 0.4) is 0 Å². The van der Waals surface area contributed by atoms with Gasteiger partial charge in [-0.25, -0.2) is 4.79 Å². The van der Waals surface area contributed by atoms with E-state index < -0.39 is 12.1 Å². The normalized spacial score (nSPS) is 12.5. The Labute approximate surface area is 139 Å². The number of nitrogens with one attached hydrogen (secondary N) is 1. The van der Waals surface area contributed by atoms with E-state index in [4.69, 9.17) is 32.7 Å². The molecule has 0 aliphatic heterocycles. The van der Waals surface area contributed by atoms with Crippen LogP contribution in [0.15, 0.2) is 18.2 Å². The van der Waals surface area contributed by atoms with Crippen molar-refractivity contribution in [3.8, 4) is 5.75 Å². The predicted octanol–water partition coefficient (Wildman–Crippen LogP) is 3.22. The second-order valence-corrected chi connectivity index (χ2v) is 6.58. The van der Waals surface area contributed by atoms with Gasteiger partial charge in [-0.3, -0.25) is 4.79 Å². The van der Waals surface area contributed by atoms with Crippen LogP contribution in [0.5, 0.6) is 5.75 Å². The van der Waals surface area contributed by atoms with Gasteiger partial charge in [0.05, 0.1) is 5.02 Å². The topological polar surface area (TPSA) is 64.6 Å². The van der Waals surface area contributed by atoms with Gasteiger partial charge in [0.1, 0.15) is 5.75 Å². The van der Waals surface area contributed by atoms with Gasteiger partial charge in [0, 0.05) is 10.6 Å². The van der Waals surface area contributed by atoms with E-state index >= 15 is 0 Å². The molecule has 1 aromatic carbocycles. The third-order valence-electron chi connectivity index (χ3n) is 2.39. The lowest BCUT2D eigenvalue weighted by atomic mass is 10.1. The quantitative estimate of drug-likeness (QED) is 0.830. The molecule has 1 atom stereocenters. The van der Waals surface area contributed by atoms with Crippen LogP contribution >= 0.6 is 23.2 Å². The molecule has 0 unspecified atom stereocenters. The highest BCUT2D eigenvalue weighted by Gasteiger charge is 2.20. The number of amides is 1. The average molecular weight is 348 g/mol. The van der Waals surface area contributed by atoms with Gasteiger partial charge in [-0.2, -0.15) is 0 Å². The number of halogens is 2. The van der Waals surface area contributed by atoms with Crippen LogP contribution in [0.1, 0.15) is 27.7 Å². The second-order valence-electron chi connectivity index (χ2n) is 5.74. The molecule has 0 radical (unpaired) electrons. The standard InChI is InChI=1S/C15H19Cl2NO4/c1-9(22-12-6-5-10(16)7-11(12)17)14(20)21-8-13(19)18-15(2,3)4/h5-7,9H,8H2,1-4H3,(H,18,19)/t9-/m0/s1. The van der Waals surface area contributed by atoms with Crippen LogP contribution < -0.4 is 10.1 Å². The van der Waals surface area contributed by atoms with Crippen molar-refractivity contribution in [1.29, 1.82) is 0 Å². The molecule has 0 fully saturated rings. The molecule has 1 amide bonds. The molecule has 0 aromatic heterocycles. The molecule has 0 aliphatic rings. The highest BCUT2D eigenvalue weighted by molar-refractivity contribution is 6.35. The van der Waals surface area contributed by atoms with E-state index in [1.54, 1.807) is 12.1 Å². The first-order chi connectivity index (χ1) is 10.1. The van der Waals surface area contributed by atoms with Crippen LogP contribution in [0.4, 0.5) is 0 Å². The summed E-state index contributed by atoms with van der Waals surface area (Å²) in [7, 11) is 0. The summed E-state index contributed by atoms with van der Waals surface area (Å²) in [5.41, 5.74) is -0.386. The minimum Gasteiger partial charge on any atom is -0.477 e.